The first kappa shape index (κ1) is 17.4. The SMILES string of the molecule is COP(=O)(CF)Oc1cccc(CC(=O)Cc2ccccc2)c1. The molecule has 0 aromatic heterocycles. The molecular weight excluding hydrogens is 318 g/mol. The Balaban J connectivity index is 2.02. The Morgan fingerprint density at radius 3 is 2.35 bits per heavy atom. The van der Waals surface area contributed by atoms with Crippen LogP contribution in [-0.4, -0.2) is 19.3 Å². The quantitative estimate of drug-likeness (QED) is 0.679. The zero-order valence-corrected chi connectivity index (χ0v) is 13.7. The first-order chi connectivity index (χ1) is 11.0. The standard InChI is InChI=1S/C17H18FO4P/c1-21-23(20,13-18)22-17-9-5-8-15(12-17)11-16(19)10-14-6-3-2-4-7-14/h2-9,12H,10-11,13H2,1H3. The molecule has 0 aliphatic rings. The summed E-state index contributed by atoms with van der Waals surface area (Å²) in [6.45, 7) is 0. The molecule has 0 N–H and O–H groups in total. The summed E-state index contributed by atoms with van der Waals surface area (Å²) in [4.78, 5) is 12.1. The molecule has 0 saturated carbocycles. The van der Waals surface area contributed by atoms with E-state index in [1.807, 2.05) is 30.3 Å². The van der Waals surface area contributed by atoms with Gasteiger partial charge in [-0.25, -0.2) is 8.96 Å². The molecule has 2 aromatic rings. The van der Waals surface area contributed by atoms with E-state index in [9.17, 15) is 13.8 Å². The Morgan fingerprint density at radius 1 is 1.04 bits per heavy atom. The van der Waals surface area contributed by atoms with E-state index in [-0.39, 0.29) is 18.0 Å². The summed E-state index contributed by atoms with van der Waals surface area (Å²) in [5.74, 6) is 0.270. The molecule has 23 heavy (non-hydrogen) atoms. The third-order valence-corrected chi connectivity index (χ3v) is 4.55. The second-order valence-electron chi connectivity index (χ2n) is 5.03. The number of hydrogen-bond donors (Lipinski definition) is 0. The highest BCUT2D eigenvalue weighted by atomic mass is 31.2. The number of benzene rings is 2. The third-order valence-electron chi connectivity index (χ3n) is 3.21. The summed E-state index contributed by atoms with van der Waals surface area (Å²) in [6.07, 6.45) is -0.646. The molecular formula is C17H18FO4P. The van der Waals surface area contributed by atoms with Gasteiger partial charge in [0.05, 0.1) is 0 Å². The predicted octanol–water partition coefficient (Wildman–Crippen LogP) is 4.19. The van der Waals surface area contributed by atoms with E-state index in [2.05, 4.69) is 4.52 Å². The highest BCUT2D eigenvalue weighted by molar-refractivity contribution is 7.54. The lowest BCUT2D eigenvalue weighted by atomic mass is 10.0. The fourth-order valence-corrected chi connectivity index (χ4v) is 2.75. The van der Waals surface area contributed by atoms with Gasteiger partial charge in [0.2, 0.25) is 6.42 Å². The van der Waals surface area contributed by atoms with Gasteiger partial charge < -0.3 is 9.05 Å². The van der Waals surface area contributed by atoms with Gasteiger partial charge in [-0.15, -0.1) is 0 Å². The maximum absolute atomic E-state index is 12.7. The zero-order valence-electron chi connectivity index (χ0n) is 12.8. The Morgan fingerprint density at radius 2 is 1.70 bits per heavy atom. The van der Waals surface area contributed by atoms with Crippen LogP contribution in [0.25, 0.3) is 0 Å². The Bertz CT molecular complexity index is 695. The van der Waals surface area contributed by atoms with Crippen LogP contribution < -0.4 is 4.52 Å². The van der Waals surface area contributed by atoms with Crippen LogP contribution in [0.15, 0.2) is 54.6 Å². The third kappa shape index (κ3) is 5.31. The molecule has 1 unspecified atom stereocenters. The predicted molar refractivity (Wildman–Crippen MR) is 86.5 cm³/mol. The average Bonchev–Trinajstić information content (AvgIpc) is 2.56. The molecule has 0 fully saturated rings. The largest absolute Gasteiger partial charge is 0.423 e. The van der Waals surface area contributed by atoms with Crippen LogP contribution in [0.4, 0.5) is 4.39 Å². The van der Waals surface area contributed by atoms with Crippen LogP contribution in [0.5, 0.6) is 5.75 Å². The van der Waals surface area contributed by atoms with Crippen LogP contribution in [0.1, 0.15) is 11.1 Å². The fourth-order valence-electron chi connectivity index (χ4n) is 2.10. The van der Waals surface area contributed by atoms with Crippen LogP contribution in [-0.2, 0) is 26.7 Å². The molecule has 1 atom stereocenters. The lowest BCUT2D eigenvalue weighted by molar-refractivity contribution is -0.117. The van der Waals surface area contributed by atoms with Crippen molar-refractivity contribution in [2.45, 2.75) is 12.8 Å². The van der Waals surface area contributed by atoms with Crippen molar-refractivity contribution >= 4 is 13.4 Å². The average molecular weight is 336 g/mol. The highest BCUT2D eigenvalue weighted by Crippen LogP contribution is 2.47. The molecule has 0 saturated heterocycles. The van der Waals surface area contributed by atoms with Crippen molar-refractivity contribution in [3.63, 3.8) is 0 Å². The number of ketones is 1. The molecule has 0 radical (unpaired) electrons. The first-order valence-electron chi connectivity index (χ1n) is 7.09. The van der Waals surface area contributed by atoms with Crippen LogP contribution in [0, 0.1) is 0 Å². The minimum atomic E-state index is -3.76. The monoisotopic (exact) mass is 336 g/mol. The molecule has 6 heteroatoms. The van der Waals surface area contributed by atoms with E-state index in [1.165, 1.54) is 0 Å². The van der Waals surface area contributed by atoms with Crippen molar-refractivity contribution in [1.82, 2.24) is 0 Å². The summed E-state index contributed by atoms with van der Waals surface area (Å²) >= 11 is 0. The normalized spacial score (nSPS) is 13.3. The minimum Gasteiger partial charge on any atom is -0.423 e. The molecule has 0 aliphatic heterocycles. The molecule has 2 rings (SSSR count). The Labute approximate surface area is 134 Å². The number of rotatable bonds is 8. The van der Waals surface area contributed by atoms with Gasteiger partial charge in [0.15, 0.2) is 0 Å². The molecule has 4 nitrogen and oxygen atoms in total. The van der Waals surface area contributed by atoms with Gasteiger partial charge in [-0.3, -0.25) is 4.79 Å². The van der Waals surface area contributed by atoms with Crippen molar-refractivity contribution in [2.24, 2.45) is 0 Å². The van der Waals surface area contributed by atoms with Crippen molar-refractivity contribution in [2.75, 3.05) is 13.5 Å². The van der Waals surface area contributed by atoms with Crippen molar-refractivity contribution in [3.05, 3.63) is 65.7 Å². The van der Waals surface area contributed by atoms with Gasteiger partial charge in [0.25, 0.3) is 0 Å². The van der Waals surface area contributed by atoms with Gasteiger partial charge in [-0.2, -0.15) is 0 Å². The van der Waals surface area contributed by atoms with E-state index >= 15 is 0 Å². The summed E-state index contributed by atoms with van der Waals surface area (Å²) in [5.41, 5.74) is 1.66. The van der Waals surface area contributed by atoms with Crippen molar-refractivity contribution in [1.29, 1.82) is 0 Å². The lowest BCUT2D eigenvalue weighted by Gasteiger charge is -2.14. The van der Waals surface area contributed by atoms with Gasteiger partial charge in [-0.05, 0) is 23.3 Å². The molecule has 0 bridgehead atoms. The molecule has 122 valence electrons. The minimum absolute atomic E-state index is 0.0498. The summed E-state index contributed by atoms with van der Waals surface area (Å²) in [7, 11) is -2.63. The Hall–Kier alpha value is -1.97. The first-order valence-corrected chi connectivity index (χ1v) is 8.82. The zero-order chi connectivity index (χ0) is 16.7. The van der Waals surface area contributed by atoms with Crippen LogP contribution in [0.3, 0.4) is 0 Å². The van der Waals surface area contributed by atoms with Crippen molar-refractivity contribution in [3.8, 4) is 5.75 Å². The highest BCUT2D eigenvalue weighted by Gasteiger charge is 2.24. The molecule has 0 heterocycles. The number of carbonyl (C=O) groups is 1. The van der Waals surface area contributed by atoms with E-state index in [0.717, 1.165) is 12.7 Å². The topological polar surface area (TPSA) is 52.6 Å². The van der Waals surface area contributed by atoms with E-state index in [1.54, 1.807) is 24.3 Å². The Kier molecular flexibility index (Phi) is 6.08. The van der Waals surface area contributed by atoms with E-state index < -0.39 is 14.0 Å². The van der Waals surface area contributed by atoms with Crippen LogP contribution >= 0.6 is 7.60 Å². The maximum atomic E-state index is 12.7. The number of carbonyl (C=O) groups excluding carboxylic acids is 1. The molecule has 0 aliphatic carbocycles. The number of alkyl halides is 1. The van der Waals surface area contributed by atoms with Gasteiger partial charge in [0, 0.05) is 20.0 Å². The molecule has 2 aromatic carbocycles. The number of hydrogen-bond acceptors (Lipinski definition) is 4. The number of halogens is 1. The smallest absolute Gasteiger partial charge is 0.409 e. The summed E-state index contributed by atoms with van der Waals surface area (Å²) in [5, 5.41) is 0. The fraction of sp³-hybridized carbons (Fsp3) is 0.235. The van der Waals surface area contributed by atoms with Gasteiger partial charge >= 0.3 is 7.60 Å². The maximum Gasteiger partial charge on any atom is 0.409 e. The second kappa shape index (κ2) is 8.04. The van der Waals surface area contributed by atoms with E-state index in [0.29, 0.717) is 12.0 Å². The second-order valence-corrected chi connectivity index (χ2v) is 7.04. The van der Waals surface area contributed by atoms with Gasteiger partial charge in [0.1, 0.15) is 11.5 Å². The molecule has 0 spiro atoms. The van der Waals surface area contributed by atoms with Crippen LogP contribution in [0.2, 0.25) is 0 Å². The lowest BCUT2D eigenvalue weighted by Crippen LogP contribution is -2.06. The van der Waals surface area contributed by atoms with Gasteiger partial charge in [-0.1, -0.05) is 42.5 Å². The summed E-state index contributed by atoms with van der Waals surface area (Å²) in [6, 6.07) is 16.0. The van der Waals surface area contributed by atoms with Crippen molar-refractivity contribution < 1.29 is 22.8 Å². The summed E-state index contributed by atoms with van der Waals surface area (Å²) < 4.78 is 34.2. The van der Waals surface area contributed by atoms with E-state index in [4.69, 9.17) is 4.52 Å². The molecule has 0 amide bonds. The number of Topliss-reactive ketones (excluding diaryl/α,β-unsaturated/α-hetero) is 1.